The smallest absolute Gasteiger partial charge is 0.327 e. The molecule has 2 rings (SSSR count). The van der Waals surface area contributed by atoms with E-state index in [-0.39, 0.29) is 12.1 Å². The fourth-order valence-electron chi connectivity index (χ4n) is 2.16. The van der Waals surface area contributed by atoms with Crippen LogP contribution in [0, 0.1) is 0 Å². The van der Waals surface area contributed by atoms with Gasteiger partial charge < -0.3 is 20.1 Å². The normalized spacial score (nSPS) is 28.1. The van der Waals surface area contributed by atoms with Crippen LogP contribution < -0.4 is 5.32 Å². The van der Waals surface area contributed by atoms with Crippen LogP contribution in [0.25, 0.3) is 0 Å². The predicted molar refractivity (Wildman–Crippen MR) is 67.8 cm³/mol. The fourth-order valence-corrected chi connectivity index (χ4v) is 3.20. The number of hydrogen-bond acceptors (Lipinski definition) is 4. The van der Waals surface area contributed by atoms with Crippen molar-refractivity contribution in [1.29, 1.82) is 0 Å². The summed E-state index contributed by atoms with van der Waals surface area (Å²) in [6.45, 7) is 1.70. The second-order valence-electron chi connectivity index (χ2n) is 4.44. The summed E-state index contributed by atoms with van der Waals surface area (Å²) in [5.74, 6) is 0.314. The first-order valence-electron chi connectivity index (χ1n) is 6.15. The lowest BCUT2D eigenvalue weighted by atomic mass is 10.2. The number of rotatable bonds is 3. The van der Waals surface area contributed by atoms with Gasteiger partial charge in [-0.2, -0.15) is 11.8 Å². The highest BCUT2D eigenvalue weighted by Crippen LogP contribution is 2.17. The molecule has 102 valence electrons. The van der Waals surface area contributed by atoms with Gasteiger partial charge in [0, 0.05) is 31.2 Å². The molecule has 2 N–H and O–H groups in total. The quantitative estimate of drug-likeness (QED) is 0.777. The summed E-state index contributed by atoms with van der Waals surface area (Å²) in [6, 6.07) is -1.01. The Morgan fingerprint density at radius 3 is 3.00 bits per heavy atom. The van der Waals surface area contributed by atoms with Crippen LogP contribution in [0.1, 0.15) is 12.8 Å². The van der Waals surface area contributed by atoms with Gasteiger partial charge in [0.25, 0.3) is 0 Å². The van der Waals surface area contributed by atoms with Crippen LogP contribution in [0.4, 0.5) is 4.79 Å². The van der Waals surface area contributed by atoms with Gasteiger partial charge in [0.2, 0.25) is 0 Å². The van der Waals surface area contributed by atoms with Crippen LogP contribution in [0.5, 0.6) is 0 Å². The number of nitrogens with one attached hydrogen (secondary N) is 1. The molecule has 2 amide bonds. The van der Waals surface area contributed by atoms with Gasteiger partial charge in [0.05, 0.1) is 6.10 Å². The summed E-state index contributed by atoms with van der Waals surface area (Å²) in [5, 5.41) is 11.8. The number of thioether (sulfide) groups is 1. The van der Waals surface area contributed by atoms with Crippen molar-refractivity contribution in [3.05, 3.63) is 0 Å². The van der Waals surface area contributed by atoms with Crippen LogP contribution in [-0.4, -0.2) is 65.4 Å². The zero-order valence-electron chi connectivity index (χ0n) is 10.1. The average molecular weight is 274 g/mol. The van der Waals surface area contributed by atoms with Crippen molar-refractivity contribution >= 4 is 23.8 Å². The van der Waals surface area contributed by atoms with Crippen LogP contribution >= 0.6 is 11.8 Å². The average Bonchev–Trinajstić information content (AvgIpc) is 2.89. The molecule has 18 heavy (non-hydrogen) atoms. The Bertz CT molecular complexity index is 320. The summed E-state index contributed by atoms with van der Waals surface area (Å²) in [7, 11) is 0. The van der Waals surface area contributed by atoms with Crippen molar-refractivity contribution in [3.63, 3.8) is 0 Å². The lowest BCUT2D eigenvalue weighted by molar-refractivity contribution is -0.141. The van der Waals surface area contributed by atoms with E-state index in [9.17, 15) is 9.59 Å². The van der Waals surface area contributed by atoms with Gasteiger partial charge in [-0.25, -0.2) is 9.59 Å². The van der Waals surface area contributed by atoms with Gasteiger partial charge in [-0.1, -0.05) is 0 Å². The molecule has 2 saturated heterocycles. The Morgan fingerprint density at radius 1 is 1.50 bits per heavy atom. The van der Waals surface area contributed by atoms with Crippen molar-refractivity contribution in [3.8, 4) is 0 Å². The number of carboxylic acid groups (broad SMARTS) is 1. The highest BCUT2D eigenvalue weighted by atomic mass is 32.2. The molecule has 2 aliphatic rings. The Labute approximate surface area is 110 Å². The lowest BCUT2D eigenvalue weighted by Crippen LogP contribution is -2.54. The lowest BCUT2D eigenvalue weighted by Gasteiger charge is -2.32. The van der Waals surface area contributed by atoms with Gasteiger partial charge >= 0.3 is 12.0 Å². The highest BCUT2D eigenvalue weighted by Gasteiger charge is 2.32. The van der Waals surface area contributed by atoms with E-state index in [4.69, 9.17) is 9.84 Å². The Hall–Kier alpha value is -0.950. The van der Waals surface area contributed by atoms with Crippen molar-refractivity contribution in [2.75, 3.05) is 31.2 Å². The first-order chi connectivity index (χ1) is 8.68. The number of ether oxygens (including phenoxy) is 1. The third-order valence-corrected chi connectivity index (χ3v) is 4.20. The van der Waals surface area contributed by atoms with Crippen LogP contribution in [0.2, 0.25) is 0 Å². The summed E-state index contributed by atoms with van der Waals surface area (Å²) < 4.78 is 5.41. The second kappa shape index (κ2) is 6.29. The van der Waals surface area contributed by atoms with Crippen LogP contribution in [0.15, 0.2) is 0 Å². The number of hydrogen-bond donors (Lipinski definition) is 2. The van der Waals surface area contributed by atoms with Gasteiger partial charge in [-0.3, -0.25) is 0 Å². The minimum atomic E-state index is -0.936. The van der Waals surface area contributed by atoms with Crippen molar-refractivity contribution in [2.24, 2.45) is 0 Å². The predicted octanol–water partition coefficient (Wildman–Crippen LogP) is 0.377. The Morgan fingerprint density at radius 2 is 2.33 bits per heavy atom. The Balaban J connectivity index is 1.83. The molecule has 0 radical (unpaired) electrons. The molecule has 2 fully saturated rings. The molecular weight excluding hydrogens is 256 g/mol. The molecule has 6 nitrogen and oxygen atoms in total. The molecule has 0 spiro atoms. The largest absolute Gasteiger partial charge is 0.480 e. The van der Waals surface area contributed by atoms with Crippen molar-refractivity contribution in [2.45, 2.75) is 25.0 Å². The Kier molecular flexibility index (Phi) is 4.71. The highest BCUT2D eigenvalue weighted by molar-refractivity contribution is 7.99. The maximum Gasteiger partial charge on any atom is 0.327 e. The van der Waals surface area contributed by atoms with E-state index in [1.807, 2.05) is 0 Å². The van der Waals surface area contributed by atoms with E-state index in [2.05, 4.69) is 5.32 Å². The van der Waals surface area contributed by atoms with E-state index in [0.717, 1.165) is 25.2 Å². The first kappa shape index (κ1) is 13.5. The number of aliphatic carboxylic acids is 1. The van der Waals surface area contributed by atoms with E-state index >= 15 is 0 Å². The van der Waals surface area contributed by atoms with Gasteiger partial charge in [-0.05, 0) is 12.8 Å². The number of carbonyl (C=O) groups excluding carboxylic acids is 1. The molecule has 0 aromatic carbocycles. The van der Waals surface area contributed by atoms with E-state index in [1.54, 1.807) is 11.8 Å². The molecule has 0 saturated carbocycles. The zero-order chi connectivity index (χ0) is 13.0. The molecule has 0 aliphatic carbocycles. The van der Waals surface area contributed by atoms with Crippen LogP contribution in [-0.2, 0) is 9.53 Å². The van der Waals surface area contributed by atoms with Gasteiger partial charge in [0.1, 0.15) is 6.04 Å². The minimum Gasteiger partial charge on any atom is -0.480 e. The molecule has 7 heteroatoms. The summed E-state index contributed by atoms with van der Waals surface area (Å²) in [6.07, 6.45) is 2.06. The second-order valence-corrected chi connectivity index (χ2v) is 5.59. The van der Waals surface area contributed by atoms with E-state index in [0.29, 0.717) is 18.8 Å². The summed E-state index contributed by atoms with van der Waals surface area (Å²) in [5.41, 5.74) is 0. The minimum absolute atomic E-state index is 0.0800. The maximum absolute atomic E-state index is 12.0. The molecule has 0 aromatic rings. The molecule has 0 bridgehead atoms. The number of amides is 2. The standard InChI is InChI=1S/C11H18N2O4S/c14-10(15)9-7-18-5-3-13(9)11(16)12-6-8-2-1-4-17-8/h8-9H,1-7H2,(H,12,16)(H,14,15). The molecule has 0 aromatic heterocycles. The molecule has 2 heterocycles. The van der Waals surface area contributed by atoms with Gasteiger partial charge in [0.15, 0.2) is 0 Å². The molecule has 2 aliphatic heterocycles. The summed E-state index contributed by atoms with van der Waals surface area (Å²) in [4.78, 5) is 24.4. The van der Waals surface area contributed by atoms with E-state index < -0.39 is 12.0 Å². The number of carboxylic acids is 1. The molecule has 2 atom stereocenters. The molecule has 2 unspecified atom stereocenters. The number of carbonyl (C=O) groups is 2. The van der Waals surface area contributed by atoms with Crippen molar-refractivity contribution < 1.29 is 19.4 Å². The number of nitrogens with zero attached hydrogens (tertiary/aromatic N) is 1. The topological polar surface area (TPSA) is 78.9 Å². The van der Waals surface area contributed by atoms with Crippen molar-refractivity contribution in [1.82, 2.24) is 10.2 Å². The summed E-state index contributed by atoms with van der Waals surface area (Å²) >= 11 is 1.57. The van der Waals surface area contributed by atoms with Gasteiger partial charge in [-0.15, -0.1) is 0 Å². The van der Waals surface area contributed by atoms with E-state index in [1.165, 1.54) is 4.90 Å². The third kappa shape index (κ3) is 3.29. The van der Waals surface area contributed by atoms with Crippen LogP contribution in [0.3, 0.4) is 0 Å². The number of urea groups is 1. The zero-order valence-corrected chi connectivity index (χ0v) is 10.9. The maximum atomic E-state index is 12.0. The fraction of sp³-hybridized carbons (Fsp3) is 0.818. The third-order valence-electron chi connectivity index (χ3n) is 3.18. The SMILES string of the molecule is O=C(O)C1CSCCN1C(=O)NCC1CCCO1. The monoisotopic (exact) mass is 274 g/mol. The first-order valence-corrected chi connectivity index (χ1v) is 7.30. The molecular formula is C11H18N2O4S.